The molecule has 1 N–H and O–H groups in total. The normalized spacial score (nSPS) is 10.8. The van der Waals surface area contributed by atoms with Gasteiger partial charge < -0.3 is 19.2 Å². The number of aromatic nitrogens is 1. The second-order valence-corrected chi connectivity index (χ2v) is 7.06. The molecule has 3 aromatic carbocycles. The molecule has 152 valence electrons. The van der Waals surface area contributed by atoms with Gasteiger partial charge in [0, 0.05) is 16.3 Å². The van der Waals surface area contributed by atoms with E-state index in [0.29, 0.717) is 33.4 Å². The van der Waals surface area contributed by atoms with Gasteiger partial charge in [0.05, 0.1) is 7.11 Å². The highest BCUT2D eigenvalue weighted by atomic mass is 35.5. The molecular weight excluding hydrogens is 404 g/mol. The second kappa shape index (κ2) is 8.47. The van der Waals surface area contributed by atoms with Crippen molar-refractivity contribution >= 4 is 34.3 Å². The number of carbonyl (C=O) groups excluding carboxylic acids is 1. The lowest BCUT2D eigenvalue weighted by molar-refractivity contribution is -0.118. The van der Waals surface area contributed by atoms with Crippen molar-refractivity contribution in [3.8, 4) is 23.0 Å². The number of nitrogens with zero attached hydrogens (tertiary/aromatic N) is 1. The second-order valence-electron chi connectivity index (χ2n) is 6.62. The summed E-state index contributed by atoms with van der Waals surface area (Å²) in [5, 5.41) is 3.47. The summed E-state index contributed by atoms with van der Waals surface area (Å²) < 4.78 is 16.5. The summed E-state index contributed by atoms with van der Waals surface area (Å²) in [4.78, 5) is 16.9. The smallest absolute Gasteiger partial charge is 0.262 e. The van der Waals surface area contributed by atoms with Crippen LogP contribution in [0.15, 0.2) is 65.1 Å². The number of fused-ring (bicyclic) bond motifs is 1. The predicted octanol–water partition coefficient (Wildman–Crippen LogP) is 5.48. The van der Waals surface area contributed by atoms with Crippen LogP contribution in [0, 0.1) is 6.92 Å². The van der Waals surface area contributed by atoms with Gasteiger partial charge in [-0.05, 0) is 67.1 Å². The molecule has 6 nitrogen and oxygen atoms in total. The van der Waals surface area contributed by atoms with E-state index >= 15 is 0 Å². The predicted molar refractivity (Wildman–Crippen MR) is 116 cm³/mol. The largest absolute Gasteiger partial charge is 0.497 e. The highest BCUT2D eigenvalue weighted by Gasteiger charge is 2.14. The number of oxazole rings is 1. The molecule has 4 aromatic rings. The van der Waals surface area contributed by atoms with Crippen molar-refractivity contribution in [1.29, 1.82) is 0 Å². The molecule has 0 aliphatic heterocycles. The van der Waals surface area contributed by atoms with Crippen LogP contribution in [-0.2, 0) is 4.79 Å². The zero-order valence-corrected chi connectivity index (χ0v) is 17.2. The van der Waals surface area contributed by atoms with E-state index in [4.69, 9.17) is 25.5 Å². The van der Waals surface area contributed by atoms with Gasteiger partial charge in [0.15, 0.2) is 12.2 Å². The van der Waals surface area contributed by atoms with Crippen LogP contribution >= 0.6 is 11.6 Å². The molecule has 0 saturated heterocycles. The number of rotatable bonds is 6. The number of halogens is 1. The van der Waals surface area contributed by atoms with Gasteiger partial charge in [0.1, 0.15) is 17.0 Å². The van der Waals surface area contributed by atoms with Crippen LogP contribution in [0.25, 0.3) is 22.6 Å². The van der Waals surface area contributed by atoms with E-state index in [9.17, 15) is 4.79 Å². The van der Waals surface area contributed by atoms with Crippen molar-refractivity contribution in [2.45, 2.75) is 6.92 Å². The van der Waals surface area contributed by atoms with Crippen molar-refractivity contribution in [3.05, 3.63) is 71.2 Å². The number of methoxy groups -OCH3 is 1. The number of anilines is 1. The maximum atomic E-state index is 12.4. The standard InChI is InChI=1S/C23H19ClN2O4/c1-14-18(23-26-20-12-15(24)6-11-21(20)30-23)4-3-5-19(14)25-22(27)13-29-17-9-7-16(28-2)8-10-17/h3-12H,13H2,1-2H3,(H,25,27). The Bertz CT molecular complexity index is 1200. The molecular formula is C23H19ClN2O4. The lowest BCUT2D eigenvalue weighted by Gasteiger charge is -2.12. The number of hydrogen-bond acceptors (Lipinski definition) is 5. The number of nitrogens with one attached hydrogen (secondary N) is 1. The van der Waals surface area contributed by atoms with E-state index in [1.54, 1.807) is 49.6 Å². The molecule has 0 aliphatic rings. The quantitative estimate of drug-likeness (QED) is 0.445. The van der Waals surface area contributed by atoms with Gasteiger partial charge in [-0.3, -0.25) is 4.79 Å². The summed E-state index contributed by atoms with van der Waals surface area (Å²) in [5.74, 6) is 1.51. The fraction of sp³-hybridized carbons (Fsp3) is 0.130. The van der Waals surface area contributed by atoms with Crippen LogP contribution in [0.5, 0.6) is 11.5 Å². The van der Waals surface area contributed by atoms with Crippen molar-refractivity contribution < 1.29 is 18.7 Å². The maximum Gasteiger partial charge on any atom is 0.262 e. The van der Waals surface area contributed by atoms with Crippen LogP contribution in [0.3, 0.4) is 0 Å². The molecule has 0 bridgehead atoms. The molecule has 0 fully saturated rings. The fourth-order valence-electron chi connectivity index (χ4n) is 3.03. The maximum absolute atomic E-state index is 12.4. The molecule has 0 saturated carbocycles. The van der Waals surface area contributed by atoms with Gasteiger partial charge in [0.25, 0.3) is 5.91 Å². The first-order chi connectivity index (χ1) is 14.5. The summed E-state index contributed by atoms with van der Waals surface area (Å²) >= 11 is 6.03. The number of hydrogen-bond donors (Lipinski definition) is 1. The molecule has 0 radical (unpaired) electrons. The van der Waals surface area contributed by atoms with Gasteiger partial charge >= 0.3 is 0 Å². The monoisotopic (exact) mass is 422 g/mol. The molecule has 1 amide bonds. The summed E-state index contributed by atoms with van der Waals surface area (Å²) in [5.41, 5.74) is 3.62. The Morgan fingerprint density at radius 3 is 2.63 bits per heavy atom. The summed E-state index contributed by atoms with van der Waals surface area (Å²) in [6.07, 6.45) is 0. The molecule has 1 heterocycles. The van der Waals surface area contributed by atoms with Gasteiger partial charge in [-0.1, -0.05) is 17.7 Å². The zero-order chi connectivity index (χ0) is 21.1. The van der Waals surface area contributed by atoms with Crippen LogP contribution in [0.1, 0.15) is 5.56 Å². The third-order valence-electron chi connectivity index (χ3n) is 4.62. The summed E-state index contributed by atoms with van der Waals surface area (Å²) in [7, 11) is 1.59. The van der Waals surface area contributed by atoms with Gasteiger partial charge in [-0.15, -0.1) is 0 Å². The molecule has 30 heavy (non-hydrogen) atoms. The van der Waals surface area contributed by atoms with Crippen molar-refractivity contribution in [3.63, 3.8) is 0 Å². The fourth-order valence-corrected chi connectivity index (χ4v) is 3.19. The van der Waals surface area contributed by atoms with Gasteiger partial charge in [0.2, 0.25) is 5.89 Å². The number of amides is 1. The Balaban J connectivity index is 1.48. The van der Waals surface area contributed by atoms with E-state index in [1.807, 2.05) is 25.1 Å². The Hall–Kier alpha value is -3.51. The van der Waals surface area contributed by atoms with Crippen LogP contribution in [0.2, 0.25) is 5.02 Å². The van der Waals surface area contributed by atoms with E-state index in [1.165, 1.54) is 0 Å². The molecule has 4 rings (SSSR count). The SMILES string of the molecule is COc1ccc(OCC(=O)Nc2cccc(-c3nc4cc(Cl)ccc4o3)c2C)cc1. The Kier molecular flexibility index (Phi) is 5.59. The third-order valence-corrected chi connectivity index (χ3v) is 4.85. The minimum Gasteiger partial charge on any atom is -0.497 e. The van der Waals surface area contributed by atoms with Crippen LogP contribution in [0.4, 0.5) is 5.69 Å². The zero-order valence-electron chi connectivity index (χ0n) is 16.4. The number of benzene rings is 3. The third kappa shape index (κ3) is 4.23. The molecule has 0 spiro atoms. The Morgan fingerprint density at radius 2 is 1.87 bits per heavy atom. The topological polar surface area (TPSA) is 73.6 Å². The van der Waals surface area contributed by atoms with Crippen molar-refractivity contribution in [2.75, 3.05) is 19.0 Å². The average Bonchev–Trinajstić information content (AvgIpc) is 3.17. The highest BCUT2D eigenvalue weighted by molar-refractivity contribution is 6.31. The Labute approximate surface area is 178 Å². The lowest BCUT2D eigenvalue weighted by atomic mass is 10.1. The first kappa shape index (κ1) is 19.8. The number of carbonyl (C=O) groups is 1. The summed E-state index contributed by atoms with van der Waals surface area (Å²) in [6.45, 7) is 1.79. The average molecular weight is 423 g/mol. The lowest BCUT2D eigenvalue weighted by Crippen LogP contribution is -2.20. The van der Waals surface area contributed by atoms with Crippen molar-refractivity contribution in [1.82, 2.24) is 4.98 Å². The van der Waals surface area contributed by atoms with E-state index < -0.39 is 0 Å². The van der Waals surface area contributed by atoms with Crippen molar-refractivity contribution in [2.24, 2.45) is 0 Å². The Morgan fingerprint density at radius 1 is 1.10 bits per heavy atom. The molecule has 0 unspecified atom stereocenters. The first-order valence-electron chi connectivity index (χ1n) is 9.26. The van der Waals surface area contributed by atoms with Gasteiger partial charge in [-0.2, -0.15) is 0 Å². The van der Waals surface area contributed by atoms with Crippen LogP contribution < -0.4 is 14.8 Å². The molecule has 0 atom stereocenters. The molecule has 0 aliphatic carbocycles. The summed E-state index contributed by atoms with van der Waals surface area (Å²) in [6, 6.07) is 17.9. The van der Waals surface area contributed by atoms with E-state index in [0.717, 1.165) is 16.9 Å². The first-order valence-corrected chi connectivity index (χ1v) is 9.64. The number of ether oxygens (including phenoxy) is 2. The molecule has 7 heteroatoms. The van der Waals surface area contributed by atoms with E-state index in [2.05, 4.69) is 10.3 Å². The van der Waals surface area contributed by atoms with Gasteiger partial charge in [-0.25, -0.2) is 4.98 Å². The minimum absolute atomic E-state index is 0.114. The molecule has 1 aromatic heterocycles. The minimum atomic E-state index is -0.268. The highest BCUT2D eigenvalue weighted by Crippen LogP contribution is 2.31. The van der Waals surface area contributed by atoms with E-state index in [-0.39, 0.29) is 12.5 Å². The van der Waals surface area contributed by atoms with Crippen LogP contribution in [-0.4, -0.2) is 24.6 Å².